The normalized spacial score (nSPS) is 13.5. The maximum Gasteiger partial charge on any atom is 0.0445 e. The molecular formula is C11H26N2O. The Labute approximate surface area is 88.5 Å². The number of nitrogens with one attached hydrogen (secondary N) is 1. The van der Waals surface area contributed by atoms with Crippen molar-refractivity contribution in [1.29, 1.82) is 0 Å². The lowest BCUT2D eigenvalue weighted by Crippen LogP contribution is -2.37. The van der Waals surface area contributed by atoms with Crippen LogP contribution in [0, 0.1) is 0 Å². The molecule has 0 aromatic heterocycles. The molecular weight excluding hydrogens is 176 g/mol. The minimum atomic E-state index is 0.288. The van der Waals surface area contributed by atoms with Crippen molar-refractivity contribution < 1.29 is 5.11 Å². The van der Waals surface area contributed by atoms with E-state index in [4.69, 9.17) is 5.11 Å². The molecule has 3 heteroatoms. The summed E-state index contributed by atoms with van der Waals surface area (Å²) < 4.78 is 0. The number of hydrogen-bond acceptors (Lipinski definition) is 3. The van der Waals surface area contributed by atoms with E-state index in [1.54, 1.807) is 0 Å². The molecule has 0 aromatic carbocycles. The summed E-state index contributed by atoms with van der Waals surface area (Å²) >= 11 is 0. The van der Waals surface area contributed by atoms with E-state index in [0.29, 0.717) is 6.04 Å². The summed E-state index contributed by atoms with van der Waals surface area (Å²) in [4.78, 5) is 2.40. The van der Waals surface area contributed by atoms with E-state index >= 15 is 0 Å². The first-order valence-corrected chi connectivity index (χ1v) is 5.84. The fourth-order valence-electron chi connectivity index (χ4n) is 1.57. The van der Waals surface area contributed by atoms with Crippen LogP contribution in [0.3, 0.4) is 0 Å². The second-order valence-corrected chi connectivity index (χ2v) is 3.60. The molecule has 0 saturated heterocycles. The predicted octanol–water partition coefficient (Wildman–Crippen LogP) is 1.08. The van der Waals surface area contributed by atoms with Crippen molar-refractivity contribution in [3.05, 3.63) is 0 Å². The van der Waals surface area contributed by atoms with Crippen LogP contribution in [0.4, 0.5) is 0 Å². The molecule has 0 amide bonds. The average Bonchev–Trinajstić information content (AvgIpc) is 2.23. The van der Waals surface area contributed by atoms with Gasteiger partial charge in [-0.3, -0.25) is 0 Å². The molecule has 2 N–H and O–H groups in total. The average molecular weight is 202 g/mol. The second kappa shape index (κ2) is 9.44. The van der Waals surface area contributed by atoms with Gasteiger partial charge in [0.25, 0.3) is 0 Å². The van der Waals surface area contributed by atoms with Gasteiger partial charge in [-0.05, 0) is 25.9 Å². The van der Waals surface area contributed by atoms with Crippen LogP contribution < -0.4 is 5.32 Å². The Hall–Kier alpha value is -0.120. The van der Waals surface area contributed by atoms with Crippen molar-refractivity contribution in [1.82, 2.24) is 10.2 Å². The van der Waals surface area contributed by atoms with Gasteiger partial charge in [-0.25, -0.2) is 0 Å². The van der Waals surface area contributed by atoms with Crippen LogP contribution in [0.2, 0.25) is 0 Å². The Balaban J connectivity index is 3.48. The van der Waals surface area contributed by atoms with Gasteiger partial charge in [0.1, 0.15) is 0 Å². The molecule has 0 aromatic rings. The highest BCUT2D eigenvalue weighted by Crippen LogP contribution is 1.96. The summed E-state index contributed by atoms with van der Waals surface area (Å²) in [5.41, 5.74) is 0. The lowest BCUT2D eigenvalue weighted by molar-refractivity contribution is 0.252. The lowest BCUT2D eigenvalue weighted by Gasteiger charge is -2.21. The van der Waals surface area contributed by atoms with Crippen LogP contribution in [0.25, 0.3) is 0 Å². The van der Waals surface area contributed by atoms with Gasteiger partial charge in [0.15, 0.2) is 0 Å². The predicted molar refractivity (Wildman–Crippen MR) is 61.6 cm³/mol. The number of aliphatic hydroxyl groups excluding tert-OH is 1. The second-order valence-electron chi connectivity index (χ2n) is 3.60. The lowest BCUT2D eigenvalue weighted by atomic mass is 10.1. The van der Waals surface area contributed by atoms with E-state index in [0.717, 1.165) is 39.0 Å². The summed E-state index contributed by atoms with van der Waals surface area (Å²) in [6.45, 7) is 11.2. The number of aliphatic hydroxyl groups is 1. The van der Waals surface area contributed by atoms with Crippen LogP contribution in [-0.2, 0) is 0 Å². The molecule has 0 aliphatic carbocycles. The molecule has 3 nitrogen and oxygen atoms in total. The maximum absolute atomic E-state index is 8.82. The summed E-state index contributed by atoms with van der Waals surface area (Å²) in [5.74, 6) is 0. The van der Waals surface area contributed by atoms with Gasteiger partial charge in [-0.2, -0.15) is 0 Å². The standard InChI is InChI=1S/C11H26N2O/c1-4-11(7-10-14)12-8-9-13(5-2)6-3/h11-12,14H,4-10H2,1-3H3. The van der Waals surface area contributed by atoms with Crippen LogP contribution >= 0.6 is 0 Å². The Morgan fingerprint density at radius 2 is 1.86 bits per heavy atom. The third-order valence-electron chi connectivity index (χ3n) is 2.73. The minimum Gasteiger partial charge on any atom is -0.396 e. The van der Waals surface area contributed by atoms with E-state index in [2.05, 4.69) is 31.0 Å². The minimum absolute atomic E-state index is 0.288. The molecule has 86 valence electrons. The fraction of sp³-hybridized carbons (Fsp3) is 1.00. The van der Waals surface area contributed by atoms with Gasteiger partial charge in [0, 0.05) is 25.7 Å². The van der Waals surface area contributed by atoms with Gasteiger partial charge in [-0.15, -0.1) is 0 Å². The summed E-state index contributed by atoms with van der Waals surface area (Å²) in [7, 11) is 0. The highest BCUT2D eigenvalue weighted by atomic mass is 16.3. The molecule has 14 heavy (non-hydrogen) atoms. The maximum atomic E-state index is 8.82. The van der Waals surface area contributed by atoms with Crippen molar-refractivity contribution in [3.63, 3.8) is 0 Å². The SMILES string of the molecule is CCC(CCO)NCCN(CC)CC. The number of rotatable bonds is 9. The molecule has 0 radical (unpaired) electrons. The van der Waals surface area contributed by atoms with Gasteiger partial charge in [-0.1, -0.05) is 20.8 Å². The van der Waals surface area contributed by atoms with Crippen LogP contribution in [0.5, 0.6) is 0 Å². The zero-order valence-electron chi connectivity index (χ0n) is 9.92. The molecule has 0 rings (SSSR count). The largest absolute Gasteiger partial charge is 0.396 e. The Morgan fingerprint density at radius 1 is 1.21 bits per heavy atom. The molecule has 0 aliphatic rings. The van der Waals surface area contributed by atoms with Gasteiger partial charge in [0.05, 0.1) is 0 Å². The number of hydrogen-bond donors (Lipinski definition) is 2. The molecule has 0 spiro atoms. The van der Waals surface area contributed by atoms with E-state index < -0.39 is 0 Å². The van der Waals surface area contributed by atoms with Gasteiger partial charge in [0.2, 0.25) is 0 Å². The first-order valence-electron chi connectivity index (χ1n) is 5.84. The quantitative estimate of drug-likeness (QED) is 0.587. The van der Waals surface area contributed by atoms with Crippen LogP contribution in [-0.4, -0.2) is 48.8 Å². The van der Waals surface area contributed by atoms with Gasteiger partial charge < -0.3 is 15.3 Å². The molecule has 1 unspecified atom stereocenters. The molecule has 0 aliphatic heterocycles. The van der Waals surface area contributed by atoms with Crippen LogP contribution in [0.1, 0.15) is 33.6 Å². The Bertz CT molecular complexity index is 116. The molecule has 0 saturated carbocycles. The summed E-state index contributed by atoms with van der Waals surface area (Å²) in [6.07, 6.45) is 1.97. The third-order valence-corrected chi connectivity index (χ3v) is 2.73. The van der Waals surface area contributed by atoms with Gasteiger partial charge >= 0.3 is 0 Å². The van der Waals surface area contributed by atoms with Crippen molar-refractivity contribution in [2.45, 2.75) is 39.7 Å². The Kier molecular flexibility index (Phi) is 9.35. The van der Waals surface area contributed by atoms with E-state index in [1.807, 2.05) is 0 Å². The molecule has 0 fully saturated rings. The first kappa shape index (κ1) is 13.9. The topological polar surface area (TPSA) is 35.5 Å². The highest BCUT2D eigenvalue weighted by molar-refractivity contribution is 4.65. The molecule has 0 bridgehead atoms. The van der Waals surface area contributed by atoms with Crippen molar-refractivity contribution in [2.24, 2.45) is 0 Å². The highest BCUT2D eigenvalue weighted by Gasteiger charge is 2.04. The van der Waals surface area contributed by atoms with E-state index in [1.165, 1.54) is 0 Å². The molecule has 0 heterocycles. The monoisotopic (exact) mass is 202 g/mol. The van der Waals surface area contributed by atoms with Crippen molar-refractivity contribution in [3.8, 4) is 0 Å². The number of nitrogens with zero attached hydrogens (tertiary/aromatic N) is 1. The van der Waals surface area contributed by atoms with Crippen LogP contribution in [0.15, 0.2) is 0 Å². The van der Waals surface area contributed by atoms with E-state index in [9.17, 15) is 0 Å². The van der Waals surface area contributed by atoms with Crippen molar-refractivity contribution in [2.75, 3.05) is 32.8 Å². The Morgan fingerprint density at radius 3 is 2.29 bits per heavy atom. The fourth-order valence-corrected chi connectivity index (χ4v) is 1.57. The molecule has 1 atom stereocenters. The smallest absolute Gasteiger partial charge is 0.0445 e. The zero-order valence-corrected chi connectivity index (χ0v) is 9.92. The number of likely N-dealkylation sites (N-methyl/N-ethyl adjacent to an activating group) is 1. The third kappa shape index (κ3) is 6.35. The zero-order chi connectivity index (χ0) is 10.8. The summed E-state index contributed by atoms with van der Waals surface area (Å²) in [5, 5.41) is 12.3. The van der Waals surface area contributed by atoms with E-state index in [-0.39, 0.29) is 6.61 Å². The van der Waals surface area contributed by atoms with Crippen molar-refractivity contribution >= 4 is 0 Å². The first-order chi connectivity index (χ1) is 6.78. The summed E-state index contributed by atoms with van der Waals surface area (Å²) in [6, 6.07) is 0.482.